The van der Waals surface area contributed by atoms with Gasteiger partial charge in [-0.2, -0.15) is 0 Å². The van der Waals surface area contributed by atoms with Gasteiger partial charge in [-0.1, -0.05) is 44.2 Å². The summed E-state index contributed by atoms with van der Waals surface area (Å²) in [5.41, 5.74) is 24.7. The quantitative estimate of drug-likeness (QED) is 0.0986. The fraction of sp³-hybridized carbons (Fsp3) is 0.632. The summed E-state index contributed by atoms with van der Waals surface area (Å²) >= 11 is 0. The molecule has 1 aliphatic rings. The molecule has 1 heterocycles. The van der Waals surface area contributed by atoms with Crippen molar-refractivity contribution in [3.63, 3.8) is 0 Å². The maximum atomic E-state index is 14.1. The van der Waals surface area contributed by atoms with E-state index in [1.165, 1.54) is 34.6 Å². The van der Waals surface area contributed by atoms with Gasteiger partial charge in [0.2, 0.25) is 47.3 Å². The fourth-order valence-corrected chi connectivity index (χ4v) is 6.15. The summed E-state index contributed by atoms with van der Waals surface area (Å²) in [4.78, 5) is 110. The molecular formula is C38H64N12O10. The molecule has 1 saturated heterocycles. The second-order valence-corrected chi connectivity index (χ2v) is 15.8. The van der Waals surface area contributed by atoms with Crippen LogP contribution in [0.3, 0.4) is 0 Å². The minimum Gasteiger partial charge on any atom is -0.394 e. The first kappa shape index (κ1) is 50.9. The van der Waals surface area contributed by atoms with Crippen molar-refractivity contribution < 1.29 is 48.6 Å². The summed E-state index contributed by atoms with van der Waals surface area (Å²) in [5, 5.41) is 40.0. The first-order valence-electron chi connectivity index (χ1n) is 19.8. The number of amides is 8. The average Bonchev–Trinajstić information content (AvgIpc) is 3.16. The Bertz CT molecular complexity index is 1660. The molecule has 0 bridgehead atoms. The maximum Gasteiger partial charge on any atom is 0.245 e. The Balaban J connectivity index is 2.79. The molecule has 1 fully saturated rings. The number of hydrogen-bond acceptors (Lipinski definition) is 14. The summed E-state index contributed by atoms with van der Waals surface area (Å²) in [6.45, 7) is 9.41. The van der Waals surface area contributed by atoms with Crippen LogP contribution in [0.1, 0.15) is 60.5 Å². The van der Waals surface area contributed by atoms with Gasteiger partial charge in [-0.05, 0) is 52.5 Å². The van der Waals surface area contributed by atoms with Gasteiger partial charge in [0.1, 0.15) is 48.3 Å². The predicted octanol–water partition coefficient (Wildman–Crippen LogP) is -6.07. The van der Waals surface area contributed by atoms with E-state index in [1.54, 1.807) is 44.2 Å². The second kappa shape index (κ2) is 23.5. The molecule has 0 spiro atoms. The number of nitrogens with two attached hydrogens (primary N) is 4. The van der Waals surface area contributed by atoms with E-state index in [1.807, 2.05) is 0 Å². The Labute approximate surface area is 349 Å². The van der Waals surface area contributed by atoms with Crippen molar-refractivity contribution in [1.29, 1.82) is 0 Å². The first-order chi connectivity index (χ1) is 28.0. The normalized spacial score (nSPS) is 28.3. The van der Waals surface area contributed by atoms with Crippen molar-refractivity contribution in [2.45, 2.75) is 140 Å². The number of carbonyl (C=O) groups is 8. The molecule has 1 aromatic rings. The predicted molar refractivity (Wildman–Crippen MR) is 218 cm³/mol. The highest BCUT2D eigenvalue weighted by molar-refractivity contribution is 5.99. The topological polar surface area (TPSA) is 377 Å². The van der Waals surface area contributed by atoms with Crippen molar-refractivity contribution in [2.75, 3.05) is 6.61 Å². The number of aliphatic hydroxyl groups is 2. The van der Waals surface area contributed by atoms with Crippen LogP contribution >= 0.6 is 0 Å². The number of aliphatic hydroxyl groups excluding tert-OH is 2. The second-order valence-electron chi connectivity index (χ2n) is 15.8. The highest BCUT2D eigenvalue weighted by Crippen LogP contribution is 2.11. The summed E-state index contributed by atoms with van der Waals surface area (Å²) < 4.78 is 0. The van der Waals surface area contributed by atoms with Crippen molar-refractivity contribution in [3.05, 3.63) is 35.9 Å². The van der Waals surface area contributed by atoms with Gasteiger partial charge in [0.25, 0.3) is 0 Å². The molecule has 8 amide bonds. The van der Waals surface area contributed by atoms with E-state index in [0.717, 1.165) is 0 Å². The summed E-state index contributed by atoms with van der Waals surface area (Å²) in [6.07, 6.45) is -1.61. The number of hydrogen-bond donors (Lipinski definition) is 14. The lowest BCUT2D eigenvalue weighted by Gasteiger charge is -2.32. The van der Waals surface area contributed by atoms with Crippen molar-refractivity contribution >= 4 is 47.3 Å². The molecule has 336 valence electrons. The lowest BCUT2D eigenvalue weighted by atomic mass is 9.99. The molecule has 2 rings (SSSR count). The van der Waals surface area contributed by atoms with Gasteiger partial charge >= 0.3 is 0 Å². The molecular weight excluding hydrogens is 784 g/mol. The highest BCUT2D eigenvalue weighted by atomic mass is 16.3. The molecule has 1 aliphatic heterocycles. The van der Waals surface area contributed by atoms with Gasteiger partial charge in [0.15, 0.2) is 0 Å². The lowest BCUT2D eigenvalue weighted by molar-refractivity contribution is -0.137. The molecule has 13 atom stereocenters. The minimum absolute atomic E-state index is 0.0638. The van der Waals surface area contributed by atoms with Gasteiger partial charge in [-0.15, -0.1) is 0 Å². The molecule has 0 radical (unpaired) electrons. The third-order valence-electron chi connectivity index (χ3n) is 9.62. The van der Waals surface area contributed by atoms with Gasteiger partial charge in [-0.25, -0.2) is 0 Å². The molecule has 4 unspecified atom stereocenters. The average molecular weight is 849 g/mol. The minimum atomic E-state index is -1.73. The van der Waals surface area contributed by atoms with Crippen molar-refractivity contribution in [1.82, 2.24) is 42.5 Å². The third-order valence-corrected chi connectivity index (χ3v) is 9.62. The Kier molecular flexibility index (Phi) is 19.9. The van der Waals surface area contributed by atoms with Crippen molar-refractivity contribution in [2.24, 2.45) is 28.9 Å². The Hall–Kier alpha value is -5.26. The zero-order chi connectivity index (χ0) is 45.6. The molecule has 0 saturated carbocycles. The third kappa shape index (κ3) is 15.1. The van der Waals surface area contributed by atoms with E-state index in [2.05, 4.69) is 42.5 Å². The zero-order valence-electron chi connectivity index (χ0n) is 35.1. The van der Waals surface area contributed by atoms with Crippen LogP contribution in [-0.4, -0.2) is 143 Å². The van der Waals surface area contributed by atoms with E-state index in [-0.39, 0.29) is 18.8 Å². The Morgan fingerprint density at radius 2 is 1.03 bits per heavy atom. The van der Waals surface area contributed by atoms with E-state index >= 15 is 0 Å². The van der Waals surface area contributed by atoms with Gasteiger partial charge in [-0.3, -0.25) is 38.4 Å². The van der Waals surface area contributed by atoms with Gasteiger partial charge < -0.3 is 75.7 Å². The number of carbonyl (C=O) groups excluding carboxylic acids is 8. The molecule has 0 aromatic heterocycles. The van der Waals surface area contributed by atoms with Crippen LogP contribution in [0, 0.1) is 5.92 Å². The lowest BCUT2D eigenvalue weighted by Crippen LogP contribution is -2.67. The van der Waals surface area contributed by atoms with Crippen LogP contribution in [-0.2, 0) is 44.8 Å². The molecule has 60 heavy (non-hydrogen) atoms. The smallest absolute Gasteiger partial charge is 0.245 e. The maximum absolute atomic E-state index is 14.1. The number of benzene rings is 1. The number of rotatable bonds is 11. The van der Waals surface area contributed by atoms with E-state index < -0.39 is 132 Å². The van der Waals surface area contributed by atoms with E-state index in [4.69, 9.17) is 22.9 Å². The number of nitrogens with one attached hydrogen (secondary N) is 8. The van der Waals surface area contributed by atoms with Crippen LogP contribution in [0.25, 0.3) is 0 Å². The van der Waals surface area contributed by atoms with Crippen LogP contribution in [0.15, 0.2) is 30.3 Å². The van der Waals surface area contributed by atoms with Crippen LogP contribution < -0.4 is 65.5 Å². The zero-order valence-corrected chi connectivity index (χ0v) is 35.1. The molecule has 22 nitrogen and oxygen atoms in total. The highest BCUT2D eigenvalue weighted by Gasteiger charge is 2.39. The summed E-state index contributed by atoms with van der Waals surface area (Å²) in [6, 6.07) is -8.31. The van der Waals surface area contributed by atoms with E-state index in [9.17, 15) is 48.6 Å². The standard InChI is InChI=1S/C38H64N12O10/c1-16(2)13-24-33(55)46-27(18(4)40)35(57)47-28(19(5)41)36(58)50-30(21(7)52)38(60)43-20(6)29(49-31(53)23(42)15-51)37(59)48-26(17(3)39)34(56)45-25(32(54)44-24)14-22-11-9-8-10-12-22/h8-12,16-21,23-30,51-52H,13-15,39-42H2,1-7H3,(H,43,60)(H,44,54)(H,45,56)(H,46,55)(H,47,57)(H,48,59)(H,49,53)(H,50,58)/t17?,18?,19?,20?,21-,23+,24+,25-,26+,27+,28+,29+,30+/m1/s1. The van der Waals surface area contributed by atoms with Crippen LogP contribution in [0.2, 0.25) is 0 Å². The van der Waals surface area contributed by atoms with Gasteiger partial charge in [0.05, 0.1) is 18.8 Å². The molecule has 18 N–H and O–H groups in total. The van der Waals surface area contributed by atoms with E-state index in [0.29, 0.717) is 5.56 Å². The fourth-order valence-electron chi connectivity index (χ4n) is 6.15. The van der Waals surface area contributed by atoms with Crippen LogP contribution in [0.4, 0.5) is 0 Å². The molecule has 1 aromatic carbocycles. The van der Waals surface area contributed by atoms with Crippen LogP contribution in [0.5, 0.6) is 0 Å². The SMILES string of the molecule is CC(C)C[C@@H]1NC(=O)[C@@H](Cc2ccccc2)NC(=O)[C@H](C(C)N)NC(=O)[C@@H](NC(=O)[C@@H](N)CO)C(C)NC(=O)[C@H]([C@@H](C)O)NC(=O)[C@H](C(C)N)NC(=O)[C@H](C(C)N)NC1=O. The largest absolute Gasteiger partial charge is 0.394 e. The Morgan fingerprint density at radius 3 is 1.50 bits per heavy atom. The summed E-state index contributed by atoms with van der Waals surface area (Å²) in [7, 11) is 0. The Morgan fingerprint density at radius 1 is 0.617 bits per heavy atom. The van der Waals surface area contributed by atoms with Crippen molar-refractivity contribution in [3.8, 4) is 0 Å². The monoisotopic (exact) mass is 848 g/mol. The molecule has 0 aliphatic carbocycles. The summed E-state index contributed by atoms with van der Waals surface area (Å²) in [5.74, 6) is -7.89. The molecule has 22 heteroatoms. The van der Waals surface area contributed by atoms with Gasteiger partial charge in [0, 0.05) is 24.5 Å². The first-order valence-corrected chi connectivity index (χ1v) is 19.8.